The smallest absolute Gasteiger partial charge is 0.0855 e. The first-order valence-corrected chi connectivity index (χ1v) is 3.63. The summed E-state index contributed by atoms with van der Waals surface area (Å²) in [5, 5.41) is 3.04. The molecule has 1 rings (SSSR count). The van der Waals surface area contributed by atoms with Crippen molar-refractivity contribution < 1.29 is 0 Å². The molecule has 0 unspecified atom stereocenters. The van der Waals surface area contributed by atoms with E-state index >= 15 is 0 Å². The van der Waals surface area contributed by atoms with Gasteiger partial charge >= 0.3 is 0 Å². The highest BCUT2D eigenvalue weighted by atomic mass is 14.9. The molecular weight excluding hydrogens is 148 g/mol. The van der Waals surface area contributed by atoms with Crippen molar-refractivity contribution in [3.8, 4) is 12.3 Å². The zero-order valence-corrected chi connectivity index (χ0v) is 6.75. The summed E-state index contributed by atoms with van der Waals surface area (Å²) in [6.07, 6.45) is 8.52. The van der Waals surface area contributed by atoms with Gasteiger partial charge in [-0.2, -0.15) is 0 Å². The second-order valence-electron chi connectivity index (χ2n) is 2.20. The summed E-state index contributed by atoms with van der Waals surface area (Å²) in [6.45, 7) is 4.15. The molecule has 0 radical (unpaired) electrons. The third kappa shape index (κ3) is 1.86. The Kier molecular flexibility index (Phi) is 2.92. The summed E-state index contributed by atoms with van der Waals surface area (Å²) >= 11 is 0. The number of anilines is 1. The van der Waals surface area contributed by atoms with E-state index in [-0.39, 0.29) is 0 Å². The van der Waals surface area contributed by atoms with Crippen LogP contribution in [-0.2, 0) is 0 Å². The van der Waals surface area contributed by atoms with E-state index in [0.29, 0.717) is 6.54 Å². The quantitative estimate of drug-likeness (QED) is 0.678. The zero-order valence-electron chi connectivity index (χ0n) is 6.75. The number of aromatic nitrogens is 1. The second kappa shape index (κ2) is 4.20. The molecule has 0 atom stereocenters. The summed E-state index contributed by atoms with van der Waals surface area (Å²) < 4.78 is 0. The molecule has 1 N–H and O–H groups in total. The fourth-order valence-corrected chi connectivity index (χ4v) is 0.876. The molecular formula is C10H10N2. The van der Waals surface area contributed by atoms with Gasteiger partial charge in [0.05, 0.1) is 17.9 Å². The number of rotatable bonds is 3. The van der Waals surface area contributed by atoms with E-state index in [0.717, 1.165) is 11.4 Å². The number of pyridine rings is 1. The van der Waals surface area contributed by atoms with Crippen LogP contribution in [0.1, 0.15) is 5.69 Å². The van der Waals surface area contributed by atoms with Crippen LogP contribution in [-0.4, -0.2) is 11.5 Å². The van der Waals surface area contributed by atoms with Gasteiger partial charge < -0.3 is 5.32 Å². The highest BCUT2D eigenvalue weighted by molar-refractivity contribution is 5.61. The molecule has 60 valence electrons. The fourth-order valence-electron chi connectivity index (χ4n) is 0.876. The third-order valence-corrected chi connectivity index (χ3v) is 1.41. The Morgan fingerprint density at radius 2 is 2.58 bits per heavy atom. The standard InChI is InChI=1S/C10H10N2/c1-3-7-11-10-6-5-8-12-9(10)4-2/h1,4-6,8,11H,2,7H2. The van der Waals surface area contributed by atoms with Gasteiger partial charge in [0.1, 0.15) is 0 Å². The minimum absolute atomic E-state index is 0.506. The first-order chi connectivity index (χ1) is 5.88. The van der Waals surface area contributed by atoms with E-state index in [1.165, 1.54) is 0 Å². The Labute approximate surface area is 72.3 Å². The van der Waals surface area contributed by atoms with E-state index in [9.17, 15) is 0 Å². The lowest BCUT2D eigenvalue weighted by Gasteiger charge is -2.04. The highest BCUT2D eigenvalue weighted by Gasteiger charge is 1.95. The van der Waals surface area contributed by atoms with E-state index in [2.05, 4.69) is 22.8 Å². The van der Waals surface area contributed by atoms with Crippen LogP contribution in [0.2, 0.25) is 0 Å². The van der Waals surface area contributed by atoms with Crippen molar-refractivity contribution in [2.45, 2.75) is 0 Å². The molecule has 0 amide bonds. The molecule has 2 nitrogen and oxygen atoms in total. The summed E-state index contributed by atoms with van der Waals surface area (Å²) in [5.41, 5.74) is 1.75. The van der Waals surface area contributed by atoms with Gasteiger partial charge in [0.15, 0.2) is 0 Å². The monoisotopic (exact) mass is 158 g/mol. The van der Waals surface area contributed by atoms with Gasteiger partial charge in [-0.05, 0) is 18.2 Å². The van der Waals surface area contributed by atoms with Gasteiger partial charge in [0.2, 0.25) is 0 Å². The molecule has 0 aliphatic rings. The normalized spacial score (nSPS) is 8.58. The lowest BCUT2D eigenvalue weighted by molar-refractivity contribution is 1.26. The van der Waals surface area contributed by atoms with Gasteiger partial charge in [-0.3, -0.25) is 4.98 Å². The Bertz CT molecular complexity index is 310. The molecule has 0 aliphatic carbocycles. The minimum Gasteiger partial charge on any atom is -0.372 e. The van der Waals surface area contributed by atoms with Crippen molar-refractivity contribution in [1.29, 1.82) is 0 Å². The van der Waals surface area contributed by atoms with Crippen molar-refractivity contribution in [1.82, 2.24) is 4.98 Å². The maximum atomic E-state index is 5.11. The molecule has 0 fully saturated rings. The lowest BCUT2D eigenvalue weighted by atomic mass is 10.3. The largest absolute Gasteiger partial charge is 0.372 e. The van der Waals surface area contributed by atoms with Crippen molar-refractivity contribution in [3.63, 3.8) is 0 Å². The SMILES string of the molecule is C#CCNc1cccnc1C=C. The van der Waals surface area contributed by atoms with Crippen LogP contribution in [0.15, 0.2) is 24.9 Å². The van der Waals surface area contributed by atoms with Crippen LogP contribution >= 0.6 is 0 Å². The molecule has 0 saturated heterocycles. The van der Waals surface area contributed by atoms with Gasteiger partial charge in [-0.25, -0.2) is 0 Å². The average molecular weight is 158 g/mol. The number of terminal acetylenes is 1. The molecule has 2 heteroatoms. The highest BCUT2D eigenvalue weighted by Crippen LogP contribution is 2.11. The van der Waals surface area contributed by atoms with E-state index in [1.807, 2.05) is 12.1 Å². The van der Waals surface area contributed by atoms with E-state index < -0.39 is 0 Å². The van der Waals surface area contributed by atoms with Gasteiger partial charge in [0.25, 0.3) is 0 Å². The Hall–Kier alpha value is -1.75. The fraction of sp³-hybridized carbons (Fsp3) is 0.100. The predicted molar refractivity (Wildman–Crippen MR) is 51.7 cm³/mol. The van der Waals surface area contributed by atoms with Gasteiger partial charge in [0, 0.05) is 6.20 Å². The molecule has 12 heavy (non-hydrogen) atoms. The number of nitrogens with one attached hydrogen (secondary N) is 1. The first-order valence-electron chi connectivity index (χ1n) is 3.63. The maximum absolute atomic E-state index is 5.11. The molecule has 0 saturated carbocycles. The van der Waals surface area contributed by atoms with Gasteiger partial charge in [-0.15, -0.1) is 6.42 Å². The Morgan fingerprint density at radius 1 is 1.75 bits per heavy atom. The molecule has 0 aromatic carbocycles. The van der Waals surface area contributed by atoms with Crippen LogP contribution in [0.25, 0.3) is 6.08 Å². The van der Waals surface area contributed by atoms with Crippen LogP contribution in [0.5, 0.6) is 0 Å². The summed E-state index contributed by atoms with van der Waals surface area (Å²) in [7, 11) is 0. The van der Waals surface area contributed by atoms with Crippen LogP contribution in [0.4, 0.5) is 5.69 Å². The van der Waals surface area contributed by atoms with Gasteiger partial charge in [-0.1, -0.05) is 12.5 Å². The van der Waals surface area contributed by atoms with Crippen LogP contribution < -0.4 is 5.32 Å². The zero-order chi connectivity index (χ0) is 8.81. The second-order valence-corrected chi connectivity index (χ2v) is 2.20. The Balaban J connectivity index is 2.83. The molecule has 0 aliphatic heterocycles. The van der Waals surface area contributed by atoms with E-state index in [1.54, 1.807) is 12.3 Å². The number of hydrogen-bond acceptors (Lipinski definition) is 2. The predicted octanol–water partition coefficient (Wildman–Crippen LogP) is 1.77. The average Bonchev–Trinajstić information content (AvgIpc) is 2.15. The topological polar surface area (TPSA) is 24.9 Å². The molecule has 1 aromatic rings. The summed E-state index contributed by atoms with van der Waals surface area (Å²) in [4.78, 5) is 4.10. The Morgan fingerprint density at radius 3 is 3.25 bits per heavy atom. The van der Waals surface area contributed by atoms with Crippen molar-refractivity contribution in [2.24, 2.45) is 0 Å². The molecule has 0 bridgehead atoms. The first kappa shape index (κ1) is 8.35. The molecule has 0 spiro atoms. The number of nitrogens with zero attached hydrogens (tertiary/aromatic N) is 1. The minimum atomic E-state index is 0.506. The lowest BCUT2D eigenvalue weighted by Crippen LogP contribution is -2.00. The van der Waals surface area contributed by atoms with E-state index in [4.69, 9.17) is 6.42 Å². The summed E-state index contributed by atoms with van der Waals surface area (Å²) in [6, 6.07) is 3.77. The molecule has 1 aromatic heterocycles. The summed E-state index contributed by atoms with van der Waals surface area (Å²) in [5.74, 6) is 2.49. The van der Waals surface area contributed by atoms with Crippen molar-refractivity contribution in [3.05, 3.63) is 30.6 Å². The maximum Gasteiger partial charge on any atom is 0.0855 e. The number of hydrogen-bond donors (Lipinski definition) is 1. The van der Waals surface area contributed by atoms with Crippen LogP contribution in [0, 0.1) is 12.3 Å². The van der Waals surface area contributed by atoms with Crippen LogP contribution in [0.3, 0.4) is 0 Å². The molecule has 1 heterocycles. The van der Waals surface area contributed by atoms with Crippen molar-refractivity contribution >= 4 is 11.8 Å². The van der Waals surface area contributed by atoms with Crippen molar-refractivity contribution in [2.75, 3.05) is 11.9 Å². The third-order valence-electron chi connectivity index (χ3n) is 1.41.